The highest BCUT2D eigenvalue weighted by Crippen LogP contribution is 2.25. The summed E-state index contributed by atoms with van der Waals surface area (Å²) in [6.07, 6.45) is 0.921. The fraction of sp³-hybridized carbons (Fsp3) is 0.381. The highest BCUT2D eigenvalue weighted by atomic mass is 32.2. The van der Waals surface area contributed by atoms with Gasteiger partial charge in [0.15, 0.2) is 0 Å². The molecule has 2 aromatic rings. The largest absolute Gasteiger partial charge is 0.326 e. The Labute approximate surface area is 166 Å². The van der Waals surface area contributed by atoms with Gasteiger partial charge in [-0.2, -0.15) is 0 Å². The molecule has 1 heterocycles. The second-order valence-electron chi connectivity index (χ2n) is 7.85. The van der Waals surface area contributed by atoms with Gasteiger partial charge < -0.3 is 10.6 Å². The number of benzene rings is 2. The molecule has 1 aliphatic heterocycles. The van der Waals surface area contributed by atoms with Crippen molar-refractivity contribution in [2.24, 2.45) is 0 Å². The third-order valence-electron chi connectivity index (χ3n) is 4.89. The molecule has 0 radical (unpaired) electrons. The molecule has 3 N–H and O–H groups in total. The van der Waals surface area contributed by atoms with Crippen molar-refractivity contribution in [3.63, 3.8) is 0 Å². The Morgan fingerprint density at radius 3 is 2.54 bits per heavy atom. The fourth-order valence-corrected chi connectivity index (χ4v) is 4.61. The van der Waals surface area contributed by atoms with E-state index in [4.69, 9.17) is 0 Å². The van der Waals surface area contributed by atoms with Gasteiger partial charge in [-0.1, -0.05) is 30.3 Å². The first kappa shape index (κ1) is 20.5. The second kappa shape index (κ2) is 8.03. The molecule has 0 fully saturated rings. The van der Waals surface area contributed by atoms with Crippen LogP contribution in [-0.4, -0.2) is 26.4 Å². The maximum atomic E-state index is 12.8. The molecule has 0 spiro atoms. The molecule has 1 aliphatic rings. The van der Waals surface area contributed by atoms with Crippen molar-refractivity contribution in [3.05, 3.63) is 59.7 Å². The first-order valence-corrected chi connectivity index (χ1v) is 10.9. The Morgan fingerprint density at radius 2 is 1.82 bits per heavy atom. The Hall–Kier alpha value is -2.22. The lowest BCUT2D eigenvalue weighted by atomic mass is 10.0. The molecule has 7 heteroatoms. The summed E-state index contributed by atoms with van der Waals surface area (Å²) in [4.78, 5) is 11.7. The smallest absolute Gasteiger partial charge is 0.240 e. The van der Waals surface area contributed by atoms with E-state index in [0.717, 1.165) is 11.1 Å². The first-order valence-electron chi connectivity index (χ1n) is 9.41. The molecule has 0 bridgehead atoms. The third kappa shape index (κ3) is 4.98. The number of amides is 1. The van der Waals surface area contributed by atoms with Crippen LogP contribution in [0.5, 0.6) is 0 Å². The summed E-state index contributed by atoms with van der Waals surface area (Å²) in [5, 5.41) is 6.24. The Morgan fingerprint density at radius 1 is 1.11 bits per heavy atom. The van der Waals surface area contributed by atoms with Gasteiger partial charge in [-0.3, -0.25) is 4.79 Å². The van der Waals surface area contributed by atoms with E-state index in [-0.39, 0.29) is 23.4 Å². The van der Waals surface area contributed by atoms with Crippen LogP contribution in [0, 0.1) is 0 Å². The van der Waals surface area contributed by atoms with Crippen LogP contribution < -0.4 is 15.4 Å². The number of hydrogen-bond acceptors (Lipinski definition) is 4. The molecule has 1 atom stereocenters. The summed E-state index contributed by atoms with van der Waals surface area (Å²) in [5.74, 6) is -0.0402. The minimum Gasteiger partial charge on any atom is -0.326 e. The third-order valence-corrected chi connectivity index (χ3v) is 6.29. The van der Waals surface area contributed by atoms with Crippen molar-refractivity contribution >= 4 is 21.6 Å². The number of sulfonamides is 1. The number of fused-ring (bicyclic) bond motifs is 1. The molecule has 0 aromatic heterocycles. The number of rotatable bonds is 7. The molecule has 1 amide bonds. The van der Waals surface area contributed by atoms with Crippen molar-refractivity contribution < 1.29 is 13.2 Å². The maximum Gasteiger partial charge on any atom is 0.240 e. The number of hydrogen-bond donors (Lipinski definition) is 3. The van der Waals surface area contributed by atoms with Crippen LogP contribution in [0.4, 0.5) is 5.69 Å². The van der Waals surface area contributed by atoms with E-state index in [1.165, 1.54) is 6.07 Å². The van der Waals surface area contributed by atoms with Crippen molar-refractivity contribution in [3.8, 4) is 0 Å². The Kier molecular flexibility index (Phi) is 5.88. The highest BCUT2D eigenvalue weighted by molar-refractivity contribution is 7.89. The highest BCUT2D eigenvalue weighted by Gasteiger charge is 2.25. The van der Waals surface area contributed by atoms with E-state index in [1.54, 1.807) is 12.1 Å². The molecule has 0 saturated heterocycles. The summed E-state index contributed by atoms with van der Waals surface area (Å²) in [5.41, 5.74) is 2.24. The predicted molar refractivity (Wildman–Crippen MR) is 111 cm³/mol. The summed E-state index contributed by atoms with van der Waals surface area (Å²) < 4.78 is 28.2. The standard InChI is InChI=1S/C21H27N3O3S/c1-15(16-7-5-4-6-8-16)24-21(2,3)14-22-28(26,27)18-10-11-19-17(13-18)9-12-20(25)23-19/h4-8,10-11,13,15,22,24H,9,12,14H2,1-3H3,(H,23,25). The van der Waals surface area contributed by atoms with E-state index >= 15 is 0 Å². The van der Waals surface area contributed by atoms with E-state index in [2.05, 4.69) is 22.3 Å². The van der Waals surface area contributed by atoms with Crippen LogP contribution in [0.15, 0.2) is 53.4 Å². The summed E-state index contributed by atoms with van der Waals surface area (Å²) in [6.45, 7) is 6.25. The number of aryl methyl sites for hydroxylation is 1. The average molecular weight is 402 g/mol. The van der Waals surface area contributed by atoms with E-state index in [1.807, 2.05) is 44.2 Å². The van der Waals surface area contributed by atoms with Crippen LogP contribution in [0.3, 0.4) is 0 Å². The normalized spacial score (nSPS) is 15.6. The van der Waals surface area contributed by atoms with Crippen LogP contribution in [-0.2, 0) is 21.2 Å². The first-order chi connectivity index (χ1) is 13.2. The van der Waals surface area contributed by atoms with Gasteiger partial charge in [0.05, 0.1) is 4.90 Å². The number of anilines is 1. The van der Waals surface area contributed by atoms with Gasteiger partial charge in [0.1, 0.15) is 0 Å². The van der Waals surface area contributed by atoms with Gasteiger partial charge in [0.25, 0.3) is 0 Å². The lowest BCUT2D eigenvalue weighted by Crippen LogP contribution is -2.49. The maximum absolute atomic E-state index is 12.8. The van der Waals surface area contributed by atoms with Crippen molar-refractivity contribution in [2.45, 2.75) is 50.1 Å². The van der Waals surface area contributed by atoms with Gasteiger partial charge in [-0.05, 0) is 56.5 Å². The van der Waals surface area contributed by atoms with Crippen molar-refractivity contribution in [1.29, 1.82) is 0 Å². The molecule has 0 aliphatic carbocycles. The van der Waals surface area contributed by atoms with E-state index < -0.39 is 15.6 Å². The number of carbonyl (C=O) groups excluding carboxylic acids is 1. The summed E-state index contributed by atoms with van der Waals surface area (Å²) >= 11 is 0. The minimum absolute atomic E-state index is 0.0402. The summed E-state index contributed by atoms with van der Waals surface area (Å²) in [6, 6.07) is 15.0. The Balaban J connectivity index is 1.66. The molecule has 6 nitrogen and oxygen atoms in total. The van der Waals surface area contributed by atoms with Crippen LogP contribution in [0.1, 0.15) is 44.4 Å². The van der Waals surface area contributed by atoms with Crippen LogP contribution >= 0.6 is 0 Å². The second-order valence-corrected chi connectivity index (χ2v) is 9.62. The monoisotopic (exact) mass is 401 g/mol. The quantitative estimate of drug-likeness (QED) is 0.666. The SMILES string of the molecule is CC(NC(C)(C)CNS(=O)(=O)c1ccc2c(c1)CCC(=O)N2)c1ccccc1. The minimum atomic E-state index is -3.64. The topological polar surface area (TPSA) is 87.3 Å². The molecule has 1 unspecified atom stereocenters. The van der Waals surface area contributed by atoms with Crippen LogP contribution in [0.2, 0.25) is 0 Å². The zero-order valence-electron chi connectivity index (χ0n) is 16.5. The summed E-state index contributed by atoms with van der Waals surface area (Å²) in [7, 11) is -3.64. The zero-order valence-corrected chi connectivity index (χ0v) is 17.3. The Bertz CT molecular complexity index is 956. The fourth-order valence-electron chi connectivity index (χ4n) is 3.35. The van der Waals surface area contributed by atoms with Gasteiger partial charge in [0, 0.05) is 30.2 Å². The van der Waals surface area contributed by atoms with Crippen molar-refractivity contribution in [2.75, 3.05) is 11.9 Å². The predicted octanol–water partition coefficient (Wildman–Crippen LogP) is 2.98. The number of nitrogens with one attached hydrogen (secondary N) is 3. The molecular weight excluding hydrogens is 374 g/mol. The molecule has 3 rings (SSSR count). The molecular formula is C21H27N3O3S. The van der Waals surface area contributed by atoms with Gasteiger partial charge in [-0.25, -0.2) is 13.1 Å². The van der Waals surface area contributed by atoms with E-state index in [9.17, 15) is 13.2 Å². The van der Waals surface area contributed by atoms with Gasteiger partial charge in [-0.15, -0.1) is 0 Å². The zero-order chi connectivity index (χ0) is 20.4. The van der Waals surface area contributed by atoms with Crippen molar-refractivity contribution in [1.82, 2.24) is 10.0 Å². The average Bonchev–Trinajstić information content (AvgIpc) is 2.66. The van der Waals surface area contributed by atoms with E-state index in [0.29, 0.717) is 18.5 Å². The molecule has 2 aromatic carbocycles. The lowest BCUT2D eigenvalue weighted by Gasteiger charge is -2.31. The van der Waals surface area contributed by atoms with Gasteiger partial charge in [0.2, 0.25) is 15.9 Å². The molecule has 150 valence electrons. The van der Waals surface area contributed by atoms with Crippen LogP contribution in [0.25, 0.3) is 0 Å². The molecule has 0 saturated carbocycles. The lowest BCUT2D eigenvalue weighted by molar-refractivity contribution is -0.116. The number of carbonyl (C=O) groups is 1. The molecule has 28 heavy (non-hydrogen) atoms. The van der Waals surface area contributed by atoms with Gasteiger partial charge >= 0.3 is 0 Å².